The molecule has 0 aliphatic heterocycles. The summed E-state index contributed by atoms with van der Waals surface area (Å²) >= 11 is 0. The molecular weight excluding hydrogens is 228 g/mol. The Balaban J connectivity index is 2.89. The number of nitrogens with zero attached hydrogens (tertiary/aromatic N) is 2. The molecule has 0 heterocycles. The number of aryl methyl sites for hydroxylation is 1. The van der Waals surface area contributed by atoms with Crippen molar-refractivity contribution in [2.75, 3.05) is 19.1 Å². The van der Waals surface area contributed by atoms with Gasteiger partial charge in [-0.3, -0.25) is 4.79 Å². The van der Waals surface area contributed by atoms with Crippen LogP contribution in [0.3, 0.4) is 0 Å². The van der Waals surface area contributed by atoms with Crippen molar-refractivity contribution in [1.82, 2.24) is 0 Å². The number of carbonyl (C=O) groups is 1. The maximum atomic E-state index is 11.8. The molecule has 0 aliphatic rings. The molecule has 0 N–H and O–H groups in total. The molecule has 1 aromatic rings. The molecule has 0 aliphatic carbocycles. The van der Waals surface area contributed by atoms with Crippen LogP contribution >= 0.6 is 0 Å². The molecule has 0 radical (unpaired) electrons. The van der Waals surface area contributed by atoms with E-state index in [9.17, 15) is 4.79 Å². The lowest BCUT2D eigenvalue weighted by molar-refractivity contribution is -0.118. The Labute approximate surface area is 108 Å². The molecule has 1 rings (SSSR count). The Bertz CT molecular complexity index is 463. The van der Waals surface area contributed by atoms with Crippen molar-refractivity contribution >= 4 is 11.6 Å². The summed E-state index contributed by atoms with van der Waals surface area (Å²) in [7, 11) is 3.36. The second-order valence-corrected chi connectivity index (χ2v) is 3.96. The van der Waals surface area contributed by atoms with Gasteiger partial charge in [-0.05, 0) is 30.2 Å². The van der Waals surface area contributed by atoms with Crippen LogP contribution in [0, 0.1) is 11.3 Å². The van der Waals surface area contributed by atoms with E-state index in [4.69, 9.17) is 10.00 Å². The van der Waals surface area contributed by atoms with Crippen molar-refractivity contribution in [3.05, 3.63) is 23.8 Å². The van der Waals surface area contributed by atoms with Crippen LogP contribution in [0.15, 0.2) is 18.2 Å². The number of benzene rings is 1. The summed E-state index contributed by atoms with van der Waals surface area (Å²) in [6.07, 6.45) is 1.34. The highest BCUT2D eigenvalue weighted by atomic mass is 16.5. The summed E-state index contributed by atoms with van der Waals surface area (Å²) in [5.41, 5.74) is 1.89. The Hall–Kier alpha value is -2.02. The molecule has 1 aromatic carbocycles. The second kappa shape index (κ2) is 6.65. The Morgan fingerprint density at radius 2 is 2.22 bits per heavy atom. The maximum absolute atomic E-state index is 11.8. The van der Waals surface area contributed by atoms with Crippen LogP contribution in [0.1, 0.15) is 25.3 Å². The molecule has 0 saturated heterocycles. The number of rotatable bonds is 5. The molecule has 0 unspecified atom stereocenters. The quantitative estimate of drug-likeness (QED) is 0.802. The van der Waals surface area contributed by atoms with Crippen molar-refractivity contribution in [2.45, 2.75) is 26.2 Å². The number of carbonyl (C=O) groups excluding carboxylic acids is 1. The minimum absolute atomic E-state index is 0.0521. The Morgan fingerprint density at radius 1 is 1.50 bits per heavy atom. The summed E-state index contributed by atoms with van der Waals surface area (Å²) < 4.78 is 5.25. The number of nitriles is 1. The van der Waals surface area contributed by atoms with E-state index in [1.165, 1.54) is 0 Å². The highest BCUT2D eigenvalue weighted by Gasteiger charge is 2.12. The number of anilines is 1. The largest absolute Gasteiger partial charge is 0.496 e. The van der Waals surface area contributed by atoms with Gasteiger partial charge in [-0.1, -0.05) is 6.92 Å². The van der Waals surface area contributed by atoms with Gasteiger partial charge in [0.15, 0.2) is 0 Å². The van der Waals surface area contributed by atoms with E-state index in [2.05, 4.69) is 0 Å². The lowest BCUT2D eigenvalue weighted by atomic mass is 10.1. The molecular formula is C14H18N2O2. The second-order valence-electron chi connectivity index (χ2n) is 3.96. The zero-order chi connectivity index (χ0) is 13.5. The lowest BCUT2D eigenvalue weighted by Crippen LogP contribution is -2.25. The van der Waals surface area contributed by atoms with Gasteiger partial charge in [-0.25, -0.2) is 0 Å². The van der Waals surface area contributed by atoms with Crippen LogP contribution < -0.4 is 9.64 Å². The molecule has 0 bridgehead atoms. The topological polar surface area (TPSA) is 53.3 Å². The van der Waals surface area contributed by atoms with Crippen LogP contribution in [-0.4, -0.2) is 20.1 Å². The van der Waals surface area contributed by atoms with Crippen molar-refractivity contribution in [2.24, 2.45) is 0 Å². The summed E-state index contributed by atoms with van der Waals surface area (Å²) in [6, 6.07) is 7.64. The van der Waals surface area contributed by atoms with Gasteiger partial charge in [0, 0.05) is 25.6 Å². The lowest BCUT2D eigenvalue weighted by Gasteiger charge is -2.18. The van der Waals surface area contributed by atoms with E-state index in [-0.39, 0.29) is 18.7 Å². The first-order valence-electron chi connectivity index (χ1n) is 5.94. The van der Waals surface area contributed by atoms with Crippen LogP contribution in [0.25, 0.3) is 0 Å². The standard InChI is InChI=1S/C14H18N2O2/c1-4-11-10-12(7-8-13(11)18-3)16(2)14(17)6-5-9-15/h7-8,10H,4-6H2,1-3H3. The first-order valence-corrected chi connectivity index (χ1v) is 5.94. The minimum Gasteiger partial charge on any atom is -0.496 e. The molecule has 4 heteroatoms. The predicted molar refractivity (Wildman–Crippen MR) is 70.6 cm³/mol. The first-order chi connectivity index (χ1) is 8.63. The molecule has 96 valence electrons. The van der Waals surface area contributed by atoms with E-state index >= 15 is 0 Å². The Kier molecular flexibility index (Phi) is 5.19. The molecule has 0 saturated carbocycles. The van der Waals surface area contributed by atoms with Gasteiger partial charge in [0.2, 0.25) is 5.91 Å². The van der Waals surface area contributed by atoms with Gasteiger partial charge < -0.3 is 9.64 Å². The smallest absolute Gasteiger partial charge is 0.227 e. The predicted octanol–water partition coefficient (Wildman–Crippen LogP) is 2.52. The average molecular weight is 246 g/mol. The fourth-order valence-corrected chi connectivity index (χ4v) is 1.72. The van der Waals surface area contributed by atoms with E-state index in [0.717, 1.165) is 23.4 Å². The zero-order valence-corrected chi connectivity index (χ0v) is 11.1. The molecule has 4 nitrogen and oxygen atoms in total. The number of methoxy groups -OCH3 is 1. The van der Waals surface area contributed by atoms with Crippen LogP contribution in [-0.2, 0) is 11.2 Å². The SMILES string of the molecule is CCc1cc(N(C)C(=O)CCC#N)ccc1OC. The highest BCUT2D eigenvalue weighted by Crippen LogP contribution is 2.25. The number of hydrogen-bond acceptors (Lipinski definition) is 3. The van der Waals surface area contributed by atoms with Crippen molar-refractivity contribution in [3.63, 3.8) is 0 Å². The average Bonchev–Trinajstić information content (AvgIpc) is 2.42. The van der Waals surface area contributed by atoms with Gasteiger partial charge >= 0.3 is 0 Å². The summed E-state index contributed by atoms with van der Waals surface area (Å²) in [5, 5.41) is 8.48. The van der Waals surface area contributed by atoms with Gasteiger partial charge in [0.1, 0.15) is 5.75 Å². The summed E-state index contributed by atoms with van der Waals surface area (Å²) in [4.78, 5) is 13.4. The first kappa shape index (κ1) is 14.0. The monoisotopic (exact) mass is 246 g/mol. The van der Waals surface area contributed by atoms with Crippen molar-refractivity contribution in [3.8, 4) is 11.8 Å². The van der Waals surface area contributed by atoms with Gasteiger partial charge in [0.05, 0.1) is 13.2 Å². The molecule has 1 amide bonds. The van der Waals surface area contributed by atoms with Gasteiger partial charge in [-0.2, -0.15) is 5.26 Å². The number of amides is 1. The van der Waals surface area contributed by atoms with E-state index in [0.29, 0.717) is 0 Å². The molecule has 0 fully saturated rings. The number of hydrogen-bond donors (Lipinski definition) is 0. The van der Waals surface area contributed by atoms with Gasteiger partial charge in [0.25, 0.3) is 0 Å². The van der Waals surface area contributed by atoms with Crippen LogP contribution in [0.5, 0.6) is 5.75 Å². The fourth-order valence-electron chi connectivity index (χ4n) is 1.72. The van der Waals surface area contributed by atoms with Crippen LogP contribution in [0.2, 0.25) is 0 Å². The fraction of sp³-hybridized carbons (Fsp3) is 0.429. The van der Waals surface area contributed by atoms with Gasteiger partial charge in [-0.15, -0.1) is 0 Å². The van der Waals surface area contributed by atoms with Crippen LogP contribution in [0.4, 0.5) is 5.69 Å². The summed E-state index contributed by atoms with van der Waals surface area (Å²) in [5.74, 6) is 0.780. The molecule has 0 aromatic heterocycles. The zero-order valence-electron chi connectivity index (χ0n) is 11.1. The van der Waals surface area contributed by atoms with Crippen molar-refractivity contribution < 1.29 is 9.53 Å². The van der Waals surface area contributed by atoms with E-state index in [1.807, 2.05) is 31.2 Å². The third kappa shape index (κ3) is 3.24. The molecule has 0 spiro atoms. The number of ether oxygens (including phenoxy) is 1. The molecule has 0 atom stereocenters. The molecule has 18 heavy (non-hydrogen) atoms. The minimum atomic E-state index is -0.0521. The normalized spacial score (nSPS) is 9.67. The summed E-state index contributed by atoms with van der Waals surface area (Å²) in [6.45, 7) is 2.04. The van der Waals surface area contributed by atoms with E-state index in [1.54, 1.807) is 19.1 Å². The van der Waals surface area contributed by atoms with Crippen molar-refractivity contribution in [1.29, 1.82) is 5.26 Å². The maximum Gasteiger partial charge on any atom is 0.227 e. The third-order valence-electron chi connectivity index (χ3n) is 2.86. The Morgan fingerprint density at radius 3 is 2.78 bits per heavy atom. The van der Waals surface area contributed by atoms with E-state index < -0.39 is 0 Å². The third-order valence-corrected chi connectivity index (χ3v) is 2.86. The highest BCUT2D eigenvalue weighted by molar-refractivity contribution is 5.93.